The topological polar surface area (TPSA) is 32.3 Å². The average Bonchev–Trinajstić information content (AvgIpc) is 2.49. The van der Waals surface area contributed by atoms with Crippen LogP contribution in [0.1, 0.15) is 72.6 Å². The fourth-order valence-corrected chi connectivity index (χ4v) is 3.31. The molecule has 0 aromatic carbocycles. The second kappa shape index (κ2) is 7.49. The SMILES string of the molecule is CCC1CCCC(NCC(C)(O)CC(C)C)CC1. The molecule has 18 heavy (non-hydrogen) atoms. The van der Waals surface area contributed by atoms with Crippen molar-refractivity contribution < 1.29 is 5.11 Å². The van der Waals surface area contributed by atoms with Crippen molar-refractivity contribution in [2.45, 2.75) is 84.3 Å². The molecule has 0 saturated heterocycles. The highest BCUT2D eigenvalue weighted by Crippen LogP contribution is 2.26. The molecule has 0 spiro atoms. The third-order valence-electron chi connectivity index (χ3n) is 4.29. The first kappa shape index (κ1) is 16.0. The zero-order valence-corrected chi connectivity index (χ0v) is 12.8. The Morgan fingerprint density at radius 3 is 2.56 bits per heavy atom. The first-order valence-corrected chi connectivity index (χ1v) is 7.88. The van der Waals surface area contributed by atoms with Crippen LogP contribution in [0, 0.1) is 11.8 Å². The Morgan fingerprint density at radius 1 is 1.22 bits per heavy atom. The molecule has 1 saturated carbocycles. The Hall–Kier alpha value is -0.0800. The Labute approximate surface area is 114 Å². The van der Waals surface area contributed by atoms with Crippen LogP contribution in [0.15, 0.2) is 0 Å². The summed E-state index contributed by atoms with van der Waals surface area (Å²) >= 11 is 0. The summed E-state index contributed by atoms with van der Waals surface area (Å²) < 4.78 is 0. The van der Waals surface area contributed by atoms with E-state index in [4.69, 9.17) is 0 Å². The molecule has 1 rings (SSSR count). The van der Waals surface area contributed by atoms with Gasteiger partial charge in [0.05, 0.1) is 5.60 Å². The lowest BCUT2D eigenvalue weighted by atomic mass is 9.93. The van der Waals surface area contributed by atoms with Gasteiger partial charge in [-0.2, -0.15) is 0 Å². The Balaban J connectivity index is 2.30. The Kier molecular flexibility index (Phi) is 6.65. The van der Waals surface area contributed by atoms with E-state index in [2.05, 4.69) is 26.1 Å². The minimum absolute atomic E-state index is 0.551. The van der Waals surface area contributed by atoms with E-state index in [0.717, 1.165) is 18.9 Å². The van der Waals surface area contributed by atoms with E-state index >= 15 is 0 Å². The van der Waals surface area contributed by atoms with Crippen LogP contribution in [0.4, 0.5) is 0 Å². The van der Waals surface area contributed by atoms with Gasteiger partial charge in [-0.15, -0.1) is 0 Å². The van der Waals surface area contributed by atoms with E-state index < -0.39 is 5.60 Å². The van der Waals surface area contributed by atoms with Crippen LogP contribution in [0.2, 0.25) is 0 Å². The van der Waals surface area contributed by atoms with Crippen LogP contribution >= 0.6 is 0 Å². The van der Waals surface area contributed by atoms with Crippen LogP contribution in [0.25, 0.3) is 0 Å². The van der Waals surface area contributed by atoms with E-state index in [-0.39, 0.29) is 0 Å². The molecule has 2 N–H and O–H groups in total. The van der Waals surface area contributed by atoms with Crippen molar-refractivity contribution in [3.63, 3.8) is 0 Å². The van der Waals surface area contributed by atoms with Crippen molar-refractivity contribution in [1.29, 1.82) is 0 Å². The lowest BCUT2D eigenvalue weighted by Crippen LogP contribution is -2.43. The predicted molar refractivity (Wildman–Crippen MR) is 78.7 cm³/mol. The van der Waals surface area contributed by atoms with E-state index in [1.165, 1.54) is 38.5 Å². The van der Waals surface area contributed by atoms with Gasteiger partial charge < -0.3 is 10.4 Å². The summed E-state index contributed by atoms with van der Waals surface area (Å²) in [6.45, 7) is 9.36. The molecule has 1 aliphatic rings. The average molecular weight is 255 g/mol. The number of aliphatic hydroxyl groups is 1. The van der Waals surface area contributed by atoms with Gasteiger partial charge in [-0.3, -0.25) is 0 Å². The van der Waals surface area contributed by atoms with Crippen LogP contribution in [0.5, 0.6) is 0 Å². The van der Waals surface area contributed by atoms with Gasteiger partial charge in [0.1, 0.15) is 0 Å². The molecule has 1 aliphatic carbocycles. The molecule has 1 fully saturated rings. The predicted octanol–water partition coefficient (Wildman–Crippen LogP) is 3.73. The molecule has 0 aromatic rings. The van der Waals surface area contributed by atoms with Gasteiger partial charge in [-0.1, -0.05) is 40.0 Å². The molecular weight excluding hydrogens is 222 g/mol. The van der Waals surface area contributed by atoms with E-state index in [1.54, 1.807) is 0 Å². The van der Waals surface area contributed by atoms with Gasteiger partial charge in [0.25, 0.3) is 0 Å². The van der Waals surface area contributed by atoms with E-state index in [1.807, 2.05) is 6.92 Å². The van der Waals surface area contributed by atoms with E-state index in [9.17, 15) is 5.11 Å². The summed E-state index contributed by atoms with van der Waals surface area (Å²) in [6, 6.07) is 0.625. The fourth-order valence-electron chi connectivity index (χ4n) is 3.31. The molecule has 3 atom stereocenters. The molecule has 0 radical (unpaired) electrons. The van der Waals surface area contributed by atoms with Gasteiger partial charge in [-0.25, -0.2) is 0 Å². The zero-order valence-electron chi connectivity index (χ0n) is 12.8. The molecule has 0 aliphatic heterocycles. The number of rotatable bonds is 6. The standard InChI is InChI=1S/C16H33NO/c1-5-14-7-6-8-15(10-9-14)17-12-16(4,18)11-13(2)3/h13-15,17-18H,5-12H2,1-4H3. The minimum atomic E-state index is -0.551. The third-order valence-corrected chi connectivity index (χ3v) is 4.29. The summed E-state index contributed by atoms with van der Waals surface area (Å²) in [4.78, 5) is 0. The van der Waals surface area contributed by atoms with Gasteiger partial charge in [0, 0.05) is 12.6 Å². The maximum Gasteiger partial charge on any atom is 0.0746 e. The first-order valence-electron chi connectivity index (χ1n) is 7.88. The summed E-state index contributed by atoms with van der Waals surface area (Å²) in [5.74, 6) is 1.49. The third kappa shape index (κ3) is 6.19. The maximum absolute atomic E-state index is 10.3. The molecule has 0 amide bonds. The highest BCUT2D eigenvalue weighted by atomic mass is 16.3. The smallest absolute Gasteiger partial charge is 0.0746 e. The van der Waals surface area contributed by atoms with Gasteiger partial charge in [0.2, 0.25) is 0 Å². The lowest BCUT2D eigenvalue weighted by Gasteiger charge is -2.28. The number of nitrogens with one attached hydrogen (secondary N) is 1. The highest BCUT2D eigenvalue weighted by molar-refractivity contribution is 4.81. The van der Waals surface area contributed by atoms with Crippen LogP contribution in [0.3, 0.4) is 0 Å². The monoisotopic (exact) mass is 255 g/mol. The van der Waals surface area contributed by atoms with Crippen molar-refractivity contribution in [1.82, 2.24) is 5.32 Å². The van der Waals surface area contributed by atoms with Crippen LogP contribution in [-0.2, 0) is 0 Å². The molecule has 2 heteroatoms. The normalized spacial score (nSPS) is 29.0. The Bertz CT molecular complexity index is 225. The Morgan fingerprint density at radius 2 is 1.94 bits per heavy atom. The van der Waals surface area contributed by atoms with Gasteiger partial charge in [-0.05, 0) is 44.4 Å². The first-order chi connectivity index (χ1) is 8.43. The van der Waals surface area contributed by atoms with Gasteiger partial charge >= 0.3 is 0 Å². The number of hydrogen-bond donors (Lipinski definition) is 2. The van der Waals surface area contributed by atoms with Crippen molar-refractivity contribution in [2.75, 3.05) is 6.54 Å². The fraction of sp³-hybridized carbons (Fsp3) is 1.00. The highest BCUT2D eigenvalue weighted by Gasteiger charge is 2.24. The molecule has 0 bridgehead atoms. The second-order valence-electron chi connectivity index (χ2n) is 6.96. The van der Waals surface area contributed by atoms with E-state index in [0.29, 0.717) is 12.0 Å². The maximum atomic E-state index is 10.3. The molecular formula is C16H33NO. The van der Waals surface area contributed by atoms with Crippen LogP contribution in [-0.4, -0.2) is 23.3 Å². The largest absolute Gasteiger partial charge is 0.389 e. The van der Waals surface area contributed by atoms with Crippen LogP contribution < -0.4 is 5.32 Å². The van der Waals surface area contributed by atoms with Crippen molar-refractivity contribution in [2.24, 2.45) is 11.8 Å². The molecule has 3 unspecified atom stereocenters. The molecule has 108 valence electrons. The van der Waals surface area contributed by atoms with Crippen molar-refractivity contribution in [3.8, 4) is 0 Å². The summed E-state index contributed by atoms with van der Waals surface area (Å²) in [5.41, 5.74) is -0.551. The summed E-state index contributed by atoms with van der Waals surface area (Å²) in [5, 5.41) is 13.9. The van der Waals surface area contributed by atoms with Crippen molar-refractivity contribution >= 4 is 0 Å². The summed E-state index contributed by atoms with van der Waals surface area (Å²) in [6.07, 6.45) is 8.90. The number of hydrogen-bond acceptors (Lipinski definition) is 2. The minimum Gasteiger partial charge on any atom is -0.389 e. The summed E-state index contributed by atoms with van der Waals surface area (Å²) in [7, 11) is 0. The zero-order chi connectivity index (χ0) is 13.6. The quantitative estimate of drug-likeness (QED) is 0.709. The second-order valence-corrected chi connectivity index (χ2v) is 6.96. The molecule has 0 heterocycles. The van der Waals surface area contributed by atoms with Crippen molar-refractivity contribution in [3.05, 3.63) is 0 Å². The lowest BCUT2D eigenvalue weighted by molar-refractivity contribution is 0.0353. The molecule has 0 aromatic heterocycles. The van der Waals surface area contributed by atoms with Gasteiger partial charge in [0.15, 0.2) is 0 Å². The molecule has 2 nitrogen and oxygen atoms in total.